The Labute approximate surface area is 109 Å². The maximum atomic E-state index is 5.63. The second-order valence-corrected chi connectivity index (χ2v) is 6.99. The molecule has 3 N–H and O–H groups in total. The van der Waals surface area contributed by atoms with Crippen LogP contribution in [0.5, 0.6) is 0 Å². The van der Waals surface area contributed by atoms with E-state index >= 15 is 0 Å². The maximum absolute atomic E-state index is 5.63. The number of hydrogen-bond acceptors (Lipinski definition) is 2. The van der Waals surface area contributed by atoms with Crippen LogP contribution in [0, 0.1) is 17.8 Å². The number of rotatable bonds is 3. The van der Waals surface area contributed by atoms with Crippen LogP contribution in [0.3, 0.4) is 0 Å². The molecule has 3 heteroatoms. The van der Waals surface area contributed by atoms with Gasteiger partial charge in [0.1, 0.15) is 5.82 Å². The molecule has 1 aromatic heterocycles. The molecule has 4 bridgehead atoms. The molecule has 0 saturated heterocycles. The van der Waals surface area contributed by atoms with E-state index in [9.17, 15) is 0 Å². The van der Waals surface area contributed by atoms with E-state index in [1.807, 2.05) is 6.20 Å². The van der Waals surface area contributed by atoms with Gasteiger partial charge in [-0.05, 0) is 62.8 Å². The second kappa shape index (κ2) is 3.83. The molecule has 4 aliphatic rings. The molecular formula is C15H23N3. The van der Waals surface area contributed by atoms with Crippen molar-refractivity contribution in [1.82, 2.24) is 9.97 Å². The maximum Gasteiger partial charge on any atom is 0.112 e. The minimum absolute atomic E-state index is 0.404. The number of nitrogens with two attached hydrogens (primary N) is 1. The van der Waals surface area contributed by atoms with Gasteiger partial charge < -0.3 is 10.7 Å². The van der Waals surface area contributed by atoms with Crippen LogP contribution in [0.2, 0.25) is 0 Å². The summed E-state index contributed by atoms with van der Waals surface area (Å²) in [6, 6.07) is 0. The highest BCUT2D eigenvalue weighted by Gasteiger charge is 2.52. The van der Waals surface area contributed by atoms with Crippen LogP contribution in [-0.2, 0) is 11.8 Å². The smallest absolute Gasteiger partial charge is 0.112 e. The monoisotopic (exact) mass is 245 g/mol. The molecule has 0 atom stereocenters. The highest BCUT2D eigenvalue weighted by atomic mass is 14.9. The van der Waals surface area contributed by atoms with Gasteiger partial charge in [-0.15, -0.1) is 0 Å². The van der Waals surface area contributed by atoms with Crippen LogP contribution in [0.4, 0.5) is 0 Å². The average molecular weight is 245 g/mol. The Balaban J connectivity index is 1.66. The Morgan fingerprint density at radius 1 is 1.17 bits per heavy atom. The Morgan fingerprint density at radius 3 is 2.33 bits per heavy atom. The lowest BCUT2D eigenvalue weighted by atomic mass is 9.49. The molecule has 4 saturated carbocycles. The lowest BCUT2D eigenvalue weighted by Gasteiger charge is -2.56. The number of hydrogen-bond donors (Lipinski definition) is 2. The first kappa shape index (κ1) is 11.0. The minimum Gasteiger partial charge on any atom is -0.345 e. The number of aromatic amines is 1. The fourth-order valence-electron chi connectivity index (χ4n) is 5.31. The Kier molecular flexibility index (Phi) is 2.35. The Bertz CT molecular complexity index is 413. The van der Waals surface area contributed by atoms with Crippen molar-refractivity contribution in [2.24, 2.45) is 23.5 Å². The fourth-order valence-corrected chi connectivity index (χ4v) is 5.31. The Morgan fingerprint density at radius 2 is 1.78 bits per heavy atom. The summed E-state index contributed by atoms with van der Waals surface area (Å²) in [5, 5.41) is 0. The van der Waals surface area contributed by atoms with E-state index in [1.165, 1.54) is 50.0 Å². The molecule has 4 fully saturated rings. The van der Waals surface area contributed by atoms with Gasteiger partial charge >= 0.3 is 0 Å². The molecule has 0 spiro atoms. The zero-order valence-corrected chi connectivity index (χ0v) is 11.0. The normalized spacial score (nSPS) is 41.5. The van der Waals surface area contributed by atoms with Crippen LogP contribution >= 0.6 is 0 Å². The average Bonchev–Trinajstić information content (AvgIpc) is 2.77. The van der Waals surface area contributed by atoms with Crippen molar-refractivity contribution in [3.8, 4) is 0 Å². The van der Waals surface area contributed by atoms with Crippen LogP contribution in [0.15, 0.2) is 6.20 Å². The number of H-pyrrole nitrogens is 1. The van der Waals surface area contributed by atoms with Crippen LogP contribution < -0.4 is 5.73 Å². The van der Waals surface area contributed by atoms with Crippen molar-refractivity contribution in [3.63, 3.8) is 0 Å². The standard InChI is InChI=1S/C15H23N3/c16-2-1-13-9-17-14(18-13)15-6-10-3-11(7-15)5-12(4-10)8-15/h9-12H,1-8,16H2,(H,17,18). The van der Waals surface area contributed by atoms with E-state index in [0.717, 1.165) is 24.2 Å². The van der Waals surface area contributed by atoms with E-state index in [2.05, 4.69) is 4.98 Å². The zero-order chi connectivity index (χ0) is 12.2. The summed E-state index contributed by atoms with van der Waals surface area (Å²) in [6.45, 7) is 0.711. The SMILES string of the molecule is NCCc1cnc(C23CC4CC(CC(C4)C2)C3)[nH]1. The summed E-state index contributed by atoms with van der Waals surface area (Å²) in [5.74, 6) is 4.24. The predicted molar refractivity (Wildman–Crippen MR) is 71.2 cm³/mol. The van der Waals surface area contributed by atoms with Crippen molar-refractivity contribution in [2.75, 3.05) is 6.54 Å². The molecule has 0 amide bonds. The largest absolute Gasteiger partial charge is 0.345 e. The van der Waals surface area contributed by atoms with Crippen molar-refractivity contribution >= 4 is 0 Å². The van der Waals surface area contributed by atoms with Crippen molar-refractivity contribution < 1.29 is 0 Å². The third-order valence-corrected chi connectivity index (χ3v) is 5.58. The summed E-state index contributed by atoms with van der Waals surface area (Å²) in [6.07, 6.45) is 11.6. The van der Waals surface area contributed by atoms with Gasteiger partial charge in [-0.1, -0.05) is 0 Å². The first-order valence-electron chi connectivity index (χ1n) is 7.52. The summed E-state index contributed by atoms with van der Waals surface area (Å²) in [5.41, 5.74) is 7.26. The van der Waals surface area contributed by atoms with Gasteiger partial charge in [-0.25, -0.2) is 4.98 Å². The van der Waals surface area contributed by atoms with E-state index in [-0.39, 0.29) is 0 Å². The van der Waals surface area contributed by atoms with E-state index in [4.69, 9.17) is 10.7 Å². The van der Waals surface area contributed by atoms with E-state index in [0.29, 0.717) is 12.0 Å². The quantitative estimate of drug-likeness (QED) is 0.859. The van der Waals surface area contributed by atoms with Crippen LogP contribution in [0.25, 0.3) is 0 Å². The molecular weight excluding hydrogens is 222 g/mol. The topological polar surface area (TPSA) is 54.7 Å². The molecule has 1 heterocycles. The second-order valence-electron chi connectivity index (χ2n) is 6.99. The third-order valence-electron chi connectivity index (χ3n) is 5.58. The summed E-state index contributed by atoms with van der Waals surface area (Å²) < 4.78 is 0. The number of imidazole rings is 1. The highest BCUT2D eigenvalue weighted by molar-refractivity contribution is 5.19. The van der Waals surface area contributed by atoms with Crippen molar-refractivity contribution in [2.45, 2.75) is 50.4 Å². The fraction of sp³-hybridized carbons (Fsp3) is 0.800. The molecule has 0 radical (unpaired) electrons. The van der Waals surface area contributed by atoms with Gasteiger partial charge in [0.2, 0.25) is 0 Å². The summed E-state index contributed by atoms with van der Waals surface area (Å²) >= 11 is 0. The van der Waals surface area contributed by atoms with Gasteiger partial charge in [0, 0.05) is 23.7 Å². The molecule has 5 rings (SSSR count). The third kappa shape index (κ3) is 1.56. The van der Waals surface area contributed by atoms with Crippen molar-refractivity contribution in [1.29, 1.82) is 0 Å². The highest BCUT2D eigenvalue weighted by Crippen LogP contribution is 2.60. The molecule has 0 unspecified atom stereocenters. The first-order valence-corrected chi connectivity index (χ1v) is 7.52. The summed E-state index contributed by atoms with van der Waals surface area (Å²) in [4.78, 5) is 8.29. The lowest BCUT2D eigenvalue weighted by molar-refractivity contribution is -0.00905. The number of nitrogens with zero attached hydrogens (tertiary/aromatic N) is 1. The first-order chi connectivity index (χ1) is 8.77. The molecule has 1 aromatic rings. The summed E-state index contributed by atoms with van der Waals surface area (Å²) in [7, 11) is 0. The van der Waals surface area contributed by atoms with Gasteiger partial charge in [0.05, 0.1) is 0 Å². The van der Waals surface area contributed by atoms with Crippen LogP contribution in [-0.4, -0.2) is 16.5 Å². The van der Waals surface area contributed by atoms with Gasteiger partial charge in [0.25, 0.3) is 0 Å². The molecule has 98 valence electrons. The molecule has 4 aliphatic carbocycles. The molecule has 18 heavy (non-hydrogen) atoms. The van der Waals surface area contributed by atoms with Crippen molar-refractivity contribution in [3.05, 3.63) is 17.7 Å². The predicted octanol–water partition coefficient (Wildman–Crippen LogP) is 2.38. The van der Waals surface area contributed by atoms with E-state index < -0.39 is 0 Å². The van der Waals surface area contributed by atoms with Crippen LogP contribution in [0.1, 0.15) is 50.0 Å². The number of nitrogens with one attached hydrogen (secondary N) is 1. The Hall–Kier alpha value is -0.830. The molecule has 0 aliphatic heterocycles. The van der Waals surface area contributed by atoms with Gasteiger partial charge in [-0.3, -0.25) is 0 Å². The van der Waals surface area contributed by atoms with Gasteiger partial charge in [-0.2, -0.15) is 0 Å². The number of aromatic nitrogens is 2. The molecule has 0 aromatic carbocycles. The zero-order valence-electron chi connectivity index (χ0n) is 11.0. The van der Waals surface area contributed by atoms with E-state index in [1.54, 1.807) is 0 Å². The minimum atomic E-state index is 0.404. The lowest BCUT2D eigenvalue weighted by Crippen LogP contribution is -2.49. The van der Waals surface area contributed by atoms with Gasteiger partial charge in [0.15, 0.2) is 0 Å². The molecule has 3 nitrogen and oxygen atoms in total.